The molecule has 0 bridgehead atoms. The molecule has 5 rings (SSSR count). The summed E-state index contributed by atoms with van der Waals surface area (Å²) in [4.78, 5) is 93.2. The molecule has 4 aromatic rings. The highest BCUT2D eigenvalue weighted by Gasteiger charge is 2.49. The normalized spacial score (nSPS) is 17.9. The molecule has 0 saturated carbocycles. The van der Waals surface area contributed by atoms with Crippen molar-refractivity contribution in [3.05, 3.63) is 115 Å². The highest BCUT2D eigenvalue weighted by molar-refractivity contribution is 6.32. The minimum Gasteiger partial charge on any atom is -0.497 e. The minimum atomic E-state index is -1.63. The Labute approximate surface area is 297 Å². The number of methoxy groups -OCH3 is 1. The lowest BCUT2D eigenvalue weighted by Gasteiger charge is -2.24. The summed E-state index contributed by atoms with van der Waals surface area (Å²) < 4.78 is 47.3. The van der Waals surface area contributed by atoms with Crippen LogP contribution in [-0.2, 0) is 23.8 Å². The summed E-state index contributed by atoms with van der Waals surface area (Å²) in [5.74, 6) is -6.42. The standard InChI is InChI=1S/C34H27ClFN3O13/c1-16-27(49-17(2)40)28(50-18(3)41)31(48-16)38-15-24(36)30(43)39(34(38)46)29(42)20-6-5-7-21(12-20)33(45)52-26-13-25(23(35)14-37-26)51-32(44)19-8-10-22(47-4)11-9-19/h5-16,27-28,31H,1-4H3/t16-,27-,28-,31-/m1/s1. The zero-order chi connectivity index (χ0) is 37.9. The van der Waals surface area contributed by atoms with Gasteiger partial charge in [0, 0.05) is 25.5 Å². The van der Waals surface area contributed by atoms with E-state index in [1.807, 2.05) is 0 Å². The van der Waals surface area contributed by atoms with Crippen molar-refractivity contribution in [1.82, 2.24) is 14.1 Å². The van der Waals surface area contributed by atoms with Crippen molar-refractivity contribution in [3.63, 3.8) is 0 Å². The van der Waals surface area contributed by atoms with E-state index < -0.39 is 77.0 Å². The smallest absolute Gasteiger partial charge is 0.344 e. The Morgan fingerprint density at radius 1 is 0.865 bits per heavy atom. The van der Waals surface area contributed by atoms with E-state index in [-0.39, 0.29) is 32.3 Å². The third-order valence-electron chi connectivity index (χ3n) is 7.44. The first-order valence-corrected chi connectivity index (χ1v) is 15.5. The molecular weight excluding hydrogens is 713 g/mol. The number of halogens is 2. The maximum Gasteiger partial charge on any atom is 0.344 e. The number of rotatable bonds is 9. The van der Waals surface area contributed by atoms with Gasteiger partial charge in [-0.1, -0.05) is 17.7 Å². The van der Waals surface area contributed by atoms with Crippen LogP contribution in [0.4, 0.5) is 4.39 Å². The van der Waals surface area contributed by atoms with Gasteiger partial charge in [0.1, 0.15) is 10.8 Å². The van der Waals surface area contributed by atoms with Crippen LogP contribution in [0, 0.1) is 5.82 Å². The molecule has 0 aliphatic carbocycles. The number of benzene rings is 2. The van der Waals surface area contributed by atoms with Gasteiger partial charge in [0.25, 0.3) is 11.5 Å². The van der Waals surface area contributed by atoms with Gasteiger partial charge >= 0.3 is 29.6 Å². The van der Waals surface area contributed by atoms with Crippen molar-refractivity contribution < 1.29 is 56.8 Å². The van der Waals surface area contributed by atoms with E-state index in [2.05, 4.69) is 4.98 Å². The van der Waals surface area contributed by atoms with Crippen LogP contribution in [0.25, 0.3) is 0 Å². The second-order valence-electron chi connectivity index (χ2n) is 11.0. The Kier molecular flexibility index (Phi) is 10.9. The van der Waals surface area contributed by atoms with Crippen molar-refractivity contribution >= 4 is 41.4 Å². The Morgan fingerprint density at radius 2 is 1.50 bits per heavy atom. The average molecular weight is 740 g/mol. The Hall–Kier alpha value is -6.20. The van der Waals surface area contributed by atoms with Gasteiger partial charge < -0.3 is 28.4 Å². The van der Waals surface area contributed by atoms with Gasteiger partial charge in [-0.25, -0.2) is 19.4 Å². The van der Waals surface area contributed by atoms with E-state index in [0.717, 1.165) is 38.2 Å². The molecular formula is C34H27ClFN3O13. The first-order chi connectivity index (χ1) is 24.7. The fraction of sp³-hybridized carbons (Fsp3) is 0.235. The van der Waals surface area contributed by atoms with Gasteiger partial charge in [-0.2, -0.15) is 8.96 Å². The van der Waals surface area contributed by atoms with E-state index >= 15 is 4.39 Å². The van der Waals surface area contributed by atoms with Crippen LogP contribution in [0.2, 0.25) is 5.02 Å². The molecule has 270 valence electrons. The van der Waals surface area contributed by atoms with Crippen LogP contribution in [0.1, 0.15) is 58.1 Å². The summed E-state index contributed by atoms with van der Waals surface area (Å²) in [6.45, 7) is 3.56. The predicted octanol–water partition coefficient (Wildman–Crippen LogP) is 3.11. The number of esters is 4. The lowest BCUT2D eigenvalue weighted by Crippen LogP contribution is -2.48. The number of pyridine rings is 1. The topological polar surface area (TPSA) is 198 Å². The number of aromatic nitrogens is 3. The predicted molar refractivity (Wildman–Crippen MR) is 174 cm³/mol. The summed E-state index contributed by atoms with van der Waals surface area (Å²) in [7, 11) is 1.46. The van der Waals surface area contributed by atoms with Crippen LogP contribution in [0.15, 0.2) is 76.6 Å². The van der Waals surface area contributed by atoms with Crippen LogP contribution < -0.4 is 25.5 Å². The van der Waals surface area contributed by atoms with Gasteiger partial charge in [-0.15, -0.1) is 0 Å². The number of hydrogen-bond donors (Lipinski definition) is 0. The third kappa shape index (κ3) is 7.90. The van der Waals surface area contributed by atoms with E-state index in [9.17, 15) is 33.6 Å². The van der Waals surface area contributed by atoms with Gasteiger partial charge in [-0.3, -0.25) is 23.7 Å². The molecule has 0 N–H and O–H groups in total. The Morgan fingerprint density at radius 3 is 2.15 bits per heavy atom. The number of hydrogen-bond acceptors (Lipinski definition) is 14. The molecule has 0 spiro atoms. The number of ether oxygens (including phenoxy) is 6. The lowest BCUT2D eigenvalue weighted by atomic mass is 10.1. The molecule has 18 heteroatoms. The highest BCUT2D eigenvalue weighted by Crippen LogP contribution is 2.33. The first kappa shape index (κ1) is 37.1. The van der Waals surface area contributed by atoms with Crippen molar-refractivity contribution in [2.75, 3.05) is 7.11 Å². The summed E-state index contributed by atoms with van der Waals surface area (Å²) >= 11 is 6.13. The SMILES string of the molecule is COc1ccc(C(=O)Oc2cc(OC(=O)c3cccc(C(=O)n4c(=O)c(F)cn([C@@H]5O[C@H](C)[C@@H](OC(C)=O)[C@H]5OC(C)=O)c4=O)c3)ncc2Cl)cc1. The summed E-state index contributed by atoms with van der Waals surface area (Å²) in [5, 5.41) is -0.0843. The van der Waals surface area contributed by atoms with E-state index in [1.54, 1.807) is 12.1 Å². The summed E-state index contributed by atoms with van der Waals surface area (Å²) in [6.07, 6.45) is -3.77. The zero-order valence-corrected chi connectivity index (χ0v) is 28.3. The van der Waals surface area contributed by atoms with Crippen molar-refractivity contribution in [1.29, 1.82) is 0 Å². The Bertz CT molecular complexity index is 2200. The molecule has 1 aliphatic rings. The van der Waals surface area contributed by atoms with Crippen molar-refractivity contribution in [2.24, 2.45) is 0 Å². The van der Waals surface area contributed by atoms with Gasteiger partial charge in [-0.05, 0) is 49.4 Å². The van der Waals surface area contributed by atoms with Crippen molar-refractivity contribution in [2.45, 2.75) is 45.3 Å². The third-order valence-corrected chi connectivity index (χ3v) is 7.72. The second-order valence-corrected chi connectivity index (χ2v) is 11.4. The zero-order valence-electron chi connectivity index (χ0n) is 27.6. The molecule has 0 unspecified atom stereocenters. The van der Waals surface area contributed by atoms with Gasteiger partial charge in [0.2, 0.25) is 11.7 Å². The quantitative estimate of drug-likeness (QED) is 0.227. The fourth-order valence-electron chi connectivity index (χ4n) is 5.09. The highest BCUT2D eigenvalue weighted by atomic mass is 35.5. The van der Waals surface area contributed by atoms with E-state index in [4.69, 9.17) is 40.0 Å². The van der Waals surface area contributed by atoms with E-state index in [1.165, 1.54) is 38.3 Å². The maximum absolute atomic E-state index is 15.0. The summed E-state index contributed by atoms with van der Waals surface area (Å²) in [5.41, 5.74) is -3.55. The first-order valence-electron chi connectivity index (χ1n) is 15.1. The second kappa shape index (κ2) is 15.4. The Balaban J connectivity index is 1.40. The van der Waals surface area contributed by atoms with Crippen molar-refractivity contribution in [3.8, 4) is 17.4 Å². The van der Waals surface area contributed by atoms with Crippen LogP contribution in [0.3, 0.4) is 0 Å². The molecule has 0 radical (unpaired) electrons. The monoisotopic (exact) mass is 739 g/mol. The molecule has 1 aliphatic heterocycles. The van der Waals surface area contributed by atoms with Crippen LogP contribution in [0.5, 0.6) is 17.4 Å². The number of carbonyl (C=O) groups is 5. The molecule has 4 atom stereocenters. The van der Waals surface area contributed by atoms with E-state index in [0.29, 0.717) is 16.5 Å². The minimum absolute atomic E-state index is 0.0397. The van der Waals surface area contributed by atoms with Gasteiger partial charge in [0.05, 0.1) is 36.7 Å². The molecule has 2 aromatic heterocycles. The molecule has 16 nitrogen and oxygen atoms in total. The van der Waals surface area contributed by atoms with Crippen LogP contribution >= 0.6 is 11.6 Å². The van der Waals surface area contributed by atoms with Crippen LogP contribution in [-0.4, -0.2) is 69.3 Å². The molecule has 0 amide bonds. The molecule has 2 aromatic carbocycles. The molecule has 52 heavy (non-hydrogen) atoms. The average Bonchev–Trinajstić information content (AvgIpc) is 3.40. The molecule has 1 fully saturated rings. The molecule has 3 heterocycles. The number of nitrogens with zero attached hydrogens (tertiary/aromatic N) is 3. The lowest BCUT2D eigenvalue weighted by molar-refractivity contribution is -0.165. The largest absolute Gasteiger partial charge is 0.497 e. The summed E-state index contributed by atoms with van der Waals surface area (Å²) in [6, 6.07) is 11.7. The van der Waals surface area contributed by atoms with Gasteiger partial charge in [0.15, 0.2) is 24.2 Å². The molecule has 1 saturated heterocycles. The maximum atomic E-state index is 15.0. The fourth-order valence-corrected chi connectivity index (χ4v) is 5.23. The number of carbonyl (C=O) groups excluding carboxylic acids is 5.